The molecular formula is C17H12ClN3O6. The molecule has 0 unspecified atom stereocenters. The Kier molecular flexibility index (Phi) is 5.32. The van der Waals surface area contributed by atoms with Crippen LogP contribution in [0.5, 0.6) is 5.75 Å². The topological polar surface area (TPSA) is 118 Å². The van der Waals surface area contributed by atoms with Gasteiger partial charge in [-0.15, -0.1) is 0 Å². The van der Waals surface area contributed by atoms with Crippen molar-refractivity contribution >= 4 is 23.3 Å². The van der Waals surface area contributed by atoms with Crippen molar-refractivity contribution in [2.45, 2.75) is 6.61 Å². The number of nitrogens with zero attached hydrogens (tertiary/aromatic N) is 3. The van der Waals surface area contributed by atoms with Crippen LogP contribution in [0, 0.1) is 10.1 Å². The maximum atomic E-state index is 12.3. The van der Waals surface area contributed by atoms with Gasteiger partial charge in [0.25, 0.3) is 11.6 Å². The first-order valence-corrected chi connectivity index (χ1v) is 7.94. The van der Waals surface area contributed by atoms with E-state index in [1.807, 2.05) is 0 Å². The van der Waals surface area contributed by atoms with Gasteiger partial charge in [-0.2, -0.15) is 4.98 Å². The summed E-state index contributed by atoms with van der Waals surface area (Å²) in [5.74, 6) is -0.289. The highest BCUT2D eigenvalue weighted by atomic mass is 35.5. The highest BCUT2D eigenvalue weighted by Crippen LogP contribution is 2.25. The van der Waals surface area contributed by atoms with Crippen LogP contribution in [-0.4, -0.2) is 28.1 Å². The Morgan fingerprint density at radius 1 is 1.26 bits per heavy atom. The van der Waals surface area contributed by atoms with Crippen molar-refractivity contribution in [2.24, 2.45) is 0 Å². The van der Waals surface area contributed by atoms with Crippen molar-refractivity contribution in [1.82, 2.24) is 10.1 Å². The van der Waals surface area contributed by atoms with Crippen LogP contribution in [0.15, 0.2) is 47.0 Å². The largest absolute Gasteiger partial charge is 0.496 e. The van der Waals surface area contributed by atoms with Crippen LogP contribution in [0.25, 0.3) is 11.4 Å². The van der Waals surface area contributed by atoms with Gasteiger partial charge in [-0.25, -0.2) is 4.79 Å². The zero-order valence-electron chi connectivity index (χ0n) is 13.9. The van der Waals surface area contributed by atoms with E-state index in [-0.39, 0.29) is 29.5 Å². The number of hydrogen-bond acceptors (Lipinski definition) is 8. The predicted molar refractivity (Wildman–Crippen MR) is 93.5 cm³/mol. The minimum Gasteiger partial charge on any atom is -0.496 e. The van der Waals surface area contributed by atoms with E-state index in [4.69, 9.17) is 25.6 Å². The molecule has 0 radical (unpaired) electrons. The van der Waals surface area contributed by atoms with Crippen molar-refractivity contribution in [3.8, 4) is 17.1 Å². The summed E-state index contributed by atoms with van der Waals surface area (Å²) in [5, 5.41) is 15.3. The monoisotopic (exact) mass is 389 g/mol. The summed E-state index contributed by atoms with van der Waals surface area (Å²) in [5.41, 5.74) is 0.343. The van der Waals surface area contributed by atoms with Crippen molar-refractivity contribution in [1.29, 1.82) is 0 Å². The van der Waals surface area contributed by atoms with Crippen molar-refractivity contribution in [3.63, 3.8) is 0 Å². The third-order valence-corrected chi connectivity index (χ3v) is 3.76. The lowest BCUT2D eigenvalue weighted by molar-refractivity contribution is -0.384. The Morgan fingerprint density at radius 2 is 2.00 bits per heavy atom. The molecule has 0 amide bonds. The summed E-state index contributed by atoms with van der Waals surface area (Å²) < 4.78 is 15.2. The summed E-state index contributed by atoms with van der Waals surface area (Å²) in [6.07, 6.45) is 0. The van der Waals surface area contributed by atoms with Gasteiger partial charge in [-0.05, 0) is 30.3 Å². The van der Waals surface area contributed by atoms with Crippen LogP contribution in [0.1, 0.15) is 16.2 Å². The van der Waals surface area contributed by atoms with Crippen LogP contribution in [0.3, 0.4) is 0 Å². The molecule has 1 aromatic heterocycles. The lowest BCUT2D eigenvalue weighted by Gasteiger charge is -2.07. The van der Waals surface area contributed by atoms with Gasteiger partial charge in [0.2, 0.25) is 5.82 Å². The van der Waals surface area contributed by atoms with Gasteiger partial charge in [0, 0.05) is 22.7 Å². The fourth-order valence-corrected chi connectivity index (χ4v) is 2.33. The van der Waals surface area contributed by atoms with E-state index in [0.29, 0.717) is 16.4 Å². The highest BCUT2D eigenvalue weighted by Gasteiger charge is 2.20. The Morgan fingerprint density at radius 3 is 2.67 bits per heavy atom. The Hall–Kier alpha value is -3.46. The molecule has 0 fully saturated rings. The van der Waals surface area contributed by atoms with Crippen LogP contribution in [0.4, 0.5) is 5.69 Å². The molecule has 9 nitrogen and oxygen atoms in total. The van der Waals surface area contributed by atoms with Gasteiger partial charge in [-0.3, -0.25) is 10.1 Å². The smallest absolute Gasteiger partial charge is 0.342 e. The molecule has 3 rings (SSSR count). The van der Waals surface area contributed by atoms with Gasteiger partial charge in [0.1, 0.15) is 11.3 Å². The lowest BCUT2D eigenvalue weighted by atomic mass is 10.2. The first-order chi connectivity index (χ1) is 13.0. The molecular weight excluding hydrogens is 378 g/mol. The standard InChI is InChI=1S/C17H12ClN3O6/c1-25-14-7-6-12(21(23)24)8-13(14)17(22)26-9-15-19-16(20-27-15)10-2-4-11(18)5-3-10/h2-8H,9H2,1H3. The van der Waals surface area contributed by atoms with E-state index in [0.717, 1.165) is 6.07 Å². The van der Waals surface area contributed by atoms with Crippen molar-refractivity contribution in [2.75, 3.05) is 7.11 Å². The molecule has 0 aliphatic rings. The molecule has 0 saturated carbocycles. The Bertz CT molecular complexity index is 987. The minimum atomic E-state index is -0.818. The number of esters is 1. The SMILES string of the molecule is COc1ccc([N+](=O)[O-])cc1C(=O)OCc1nc(-c2ccc(Cl)cc2)no1. The second kappa shape index (κ2) is 7.83. The average molecular weight is 390 g/mol. The van der Waals surface area contributed by atoms with E-state index >= 15 is 0 Å². The van der Waals surface area contributed by atoms with E-state index in [1.54, 1.807) is 24.3 Å². The number of nitro groups is 1. The van der Waals surface area contributed by atoms with Gasteiger partial charge < -0.3 is 14.0 Å². The molecule has 0 bridgehead atoms. The van der Waals surface area contributed by atoms with Gasteiger partial charge >= 0.3 is 5.97 Å². The lowest BCUT2D eigenvalue weighted by Crippen LogP contribution is -2.08. The zero-order valence-corrected chi connectivity index (χ0v) is 14.7. The van der Waals surface area contributed by atoms with E-state index in [1.165, 1.54) is 19.2 Å². The number of benzene rings is 2. The second-order valence-corrected chi connectivity index (χ2v) is 5.67. The van der Waals surface area contributed by atoms with Crippen molar-refractivity contribution < 1.29 is 23.7 Å². The summed E-state index contributed by atoms with van der Waals surface area (Å²) in [7, 11) is 1.34. The molecule has 0 aliphatic carbocycles. The normalized spacial score (nSPS) is 10.4. The number of carbonyl (C=O) groups is 1. The quantitative estimate of drug-likeness (QED) is 0.356. The molecule has 0 atom stereocenters. The fraction of sp³-hybridized carbons (Fsp3) is 0.118. The number of ether oxygens (including phenoxy) is 2. The molecule has 0 aliphatic heterocycles. The summed E-state index contributed by atoms with van der Waals surface area (Å²) in [6.45, 7) is -0.300. The Balaban J connectivity index is 1.72. The number of carbonyl (C=O) groups excluding carboxylic acids is 1. The summed E-state index contributed by atoms with van der Waals surface area (Å²) in [4.78, 5) is 26.6. The molecule has 27 heavy (non-hydrogen) atoms. The zero-order chi connectivity index (χ0) is 19.4. The predicted octanol–water partition coefficient (Wildman–Crippen LogP) is 3.66. The number of aromatic nitrogens is 2. The minimum absolute atomic E-state index is 0.0673. The molecule has 0 saturated heterocycles. The highest BCUT2D eigenvalue weighted by molar-refractivity contribution is 6.30. The van der Waals surface area contributed by atoms with Gasteiger partial charge in [0.15, 0.2) is 6.61 Å². The summed E-state index contributed by atoms with van der Waals surface area (Å²) >= 11 is 5.83. The van der Waals surface area contributed by atoms with Gasteiger partial charge in [-0.1, -0.05) is 16.8 Å². The number of hydrogen-bond donors (Lipinski definition) is 0. The molecule has 1 heterocycles. The van der Waals surface area contributed by atoms with Crippen molar-refractivity contribution in [3.05, 3.63) is 69.1 Å². The molecule has 2 aromatic carbocycles. The van der Waals surface area contributed by atoms with Crippen LogP contribution >= 0.6 is 11.6 Å². The van der Waals surface area contributed by atoms with Crippen LogP contribution in [-0.2, 0) is 11.3 Å². The van der Waals surface area contributed by atoms with Crippen LogP contribution < -0.4 is 4.74 Å². The fourth-order valence-electron chi connectivity index (χ4n) is 2.20. The third kappa shape index (κ3) is 4.21. The molecule has 138 valence electrons. The molecule has 0 spiro atoms. The number of nitro benzene ring substituents is 1. The maximum absolute atomic E-state index is 12.3. The van der Waals surface area contributed by atoms with E-state index in [2.05, 4.69) is 10.1 Å². The average Bonchev–Trinajstić information content (AvgIpc) is 3.15. The second-order valence-electron chi connectivity index (χ2n) is 5.24. The molecule has 3 aromatic rings. The van der Waals surface area contributed by atoms with Crippen LogP contribution in [0.2, 0.25) is 5.02 Å². The number of halogens is 1. The third-order valence-electron chi connectivity index (χ3n) is 3.51. The first-order valence-electron chi connectivity index (χ1n) is 7.56. The van der Waals surface area contributed by atoms with E-state index < -0.39 is 10.9 Å². The Labute approximate surface area is 157 Å². The number of methoxy groups -OCH3 is 1. The van der Waals surface area contributed by atoms with E-state index in [9.17, 15) is 14.9 Å². The number of rotatable bonds is 6. The maximum Gasteiger partial charge on any atom is 0.342 e. The summed E-state index contributed by atoms with van der Waals surface area (Å²) in [6, 6.07) is 10.4. The van der Waals surface area contributed by atoms with Gasteiger partial charge in [0.05, 0.1) is 12.0 Å². The molecule has 0 N–H and O–H groups in total. The first kappa shape index (κ1) is 18.3. The molecule has 10 heteroatoms. The number of non-ortho nitro benzene ring substituents is 1.